The Kier molecular flexibility index (Phi) is 4.37. The summed E-state index contributed by atoms with van der Waals surface area (Å²) in [5, 5.41) is 7.26. The molecule has 5 nitrogen and oxygen atoms in total. The van der Waals surface area contributed by atoms with Crippen molar-refractivity contribution in [1.82, 2.24) is 0 Å². The van der Waals surface area contributed by atoms with E-state index in [2.05, 4.69) is 4.99 Å². The molecule has 1 heterocycles. The minimum absolute atomic E-state index is 0.0322. The number of rotatable bonds is 3. The molecule has 1 atom stereocenters. The number of carbonyl (C=O) groups is 2. The highest BCUT2D eigenvalue weighted by atomic mass is 35.5. The third-order valence-electron chi connectivity index (χ3n) is 2.64. The summed E-state index contributed by atoms with van der Waals surface area (Å²) in [5.74, 6) is -2.05. The molecule has 2 rings (SSSR count). The van der Waals surface area contributed by atoms with Gasteiger partial charge in [-0.25, -0.2) is 9.29 Å². The maximum Gasteiger partial charge on any atom is 0.281 e. The lowest BCUT2D eigenvalue weighted by Crippen LogP contribution is -2.31. The lowest BCUT2D eigenvalue weighted by Gasteiger charge is -2.13. The van der Waals surface area contributed by atoms with Crippen molar-refractivity contribution in [1.29, 1.82) is 0 Å². The third kappa shape index (κ3) is 2.54. The molecule has 0 aliphatic carbocycles. The second-order valence-electron chi connectivity index (χ2n) is 3.93. The number of halogens is 3. The van der Waals surface area contributed by atoms with E-state index in [0.29, 0.717) is 0 Å². The van der Waals surface area contributed by atoms with Gasteiger partial charge in [0, 0.05) is 0 Å². The fourth-order valence-corrected chi connectivity index (χ4v) is 2.17. The zero-order chi connectivity index (χ0) is 14.9. The SMILES string of the molecule is O=C1C(=NCCO)C(Cl)C(=O)N1c1ccc(F)c(Cl)c1. The average molecular weight is 319 g/mol. The normalized spacial score (nSPS) is 21.1. The van der Waals surface area contributed by atoms with Crippen LogP contribution in [0.2, 0.25) is 5.02 Å². The van der Waals surface area contributed by atoms with E-state index in [0.717, 1.165) is 17.0 Å². The topological polar surface area (TPSA) is 70.0 Å². The first kappa shape index (κ1) is 14.9. The van der Waals surface area contributed by atoms with Gasteiger partial charge < -0.3 is 5.11 Å². The van der Waals surface area contributed by atoms with Gasteiger partial charge in [-0.2, -0.15) is 0 Å². The summed E-state index contributed by atoms with van der Waals surface area (Å²) in [6.07, 6.45) is 0. The van der Waals surface area contributed by atoms with Crippen LogP contribution in [0.4, 0.5) is 10.1 Å². The molecule has 1 N–H and O–H groups in total. The molecule has 1 aliphatic heterocycles. The summed E-state index contributed by atoms with van der Waals surface area (Å²) in [6, 6.07) is 3.45. The Morgan fingerprint density at radius 2 is 2.10 bits per heavy atom. The maximum absolute atomic E-state index is 13.1. The minimum Gasteiger partial charge on any atom is -0.394 e. The summed E-state index contributed by atoms with van der Waals surface area (Å²) < 4.78 is 13.1. The number of amides is 2. The molecule has 0 radical (unpaired) electrons. The first-order chi connectivity index (χ1) is 9.47. The summed E-state index contributed by atoms with van der Waals surface area (Å²) in [7, 11) is 0. The van der Waals surface area contributed by atoms with E-state index in [1.165, 1.54) is 6.07 Å². The van der Waals surface area contributed by atoms with E-state index in [4.69, 9.17) is 28.3 Å². The van der Waals surface area contributed by atoms with Crippen molar-refractivity contribution in [2.45, 2.75) is 5.38 Å². The van der Waals surface area contributed by atoms with Gasteiger partial charge >= 0.3 is 0 Å². The van der Waals surface area contributed by atoms with E-state index in [1.54, 1.807) is 0 Å². The number of hydrogen-bond donors (Lipinski definition) is 1. The Morgan fingerprint density at radius 3 is 2.70 bits per heavy atom. The van der Waals surface area contributed by atoms with E-state index >= 15 is 0 Å². The maximum atomic E-state index is 13.1. The highest BCUT2D eigenvalue weighted by molar-refractivity contribution is 6.68. The van der Waals surface area contributed by atoms with Crippen molar-refractivity contribution in [3.63, 3.8) is 0 Å². The van der Waals surface area contributed by atoms with Gasteiger partial charge in [-0.05, 0) is 18.2 Å². The van der Waals surface area contributed by atoms with E-state index < -0.39 is 23.0 Å². The molecule has 1 saturated heterocycles. The minimum atomic E-state index is -1.22. The monoisotopic (exact) mass is 318 g/mol. The zero-order valence-corrected chi connectivity index (χ0v) is 11.5. The van der Waals surface area contributed by atoms with Crippen molar-refractivity contribution in [2.75, 3.05) is 18.1 Å². The summed E-state index contributed by atoms with van der Waals surface area (Å²) in [5.41, 5.74) is -0.0302. The third-order valence-corrected chi connectivity index (χ3v) is 3.33. The van der Waals surface area contributed by atoms with Crippen LogP contribution in [0.25, 0.3) is 0 Å². The van der Waals surface area contributed by atoms with Gasteiger partial charge in [0.25, 0.3) is 11.8 Å². The molecular weight excluding hydrogens is 310 g/mol. The molecule has 0 aromatic heterocycles. The Hall–Kier alpha value is -1.50. The number of benzene rings is 1. The van der Waals surface area contributed by atoms with Crippen LogP contribution in [-0.2, 0) is 9.59 Å². The van der Waals surface area contributed by atoms with E-state index in [9.17, 15) is 14.0 Å². The molecule has 1 aliphatic rings. The van der Waals surface area contributed by atoms with E-state index in [-0.39, 0.29) is 29.6 Å². The predicted molar refractivity (Wildman–Crippen MR) is 72.9 cm³/mol. The second-order valence-corrected chi connectivity index (χ2v) is 4.77. The number of aliphatic hydroxyl groups excluding tert-OH is 1. The zero-order valence-electron chi connectivity index (χ0n) is 10.0. The number of imide groups is 1. The second kappa shape index (κ2) is 5.87. The van der Waals surface area contributed by atoms with Gasteiger partial charge in [-0.1, -0.05) is 11.6 Å². The predicted octanol–water partition coefficient (Wildman–Crippen LogP) is 1.39. The lowest BCUT2D eigenvalue weighted by molar-refractivity contribution is -0.120. The van der Waals surface area contributed by atoms with Crippen LogP contribution in [0.5, 0.6) is 0 Å². The molecule has 1 unspecified atom stereocenters. The highest BCUT2D eigenvalue weighted by Gasteiger charge is 2.44. The lowest BCUT2D eigenvalue weighted by atomic mass is 10.3. The van der Waals surface area contributed by atoms with Crippen molar-refractivity contribution in [2.24, 2.45) is 4.99 Å². The van der Waals surface area contributed by atoms with Crippen LogP contribution in [-0.4, -0.2) is 41.2 Å². The highest BCUT2D eigenvalue weighted by Crippen LogP contribution is 2.28. The van der Waals surface area contributed by atoms with Crippen LogP contribution in [0.15, 0.2) is 23.2 Å². The van der Waals surface area contributed by atoms with E-state index in [1.807, 2.05) is 0 Å². The van der Waals surface area contributed by atoms with Gasteiger partial charge in [0.1, 0.15) is 11.5 Å². The van der Waals surface area contributed by atoms with Gasteiger partial charge in [0.05, 0.1) is 23.9 Å². The quantitative estimate of drug-likeness (QED) is 0.676. The molecule has 1 aromatic rings. The summed E-state index contributed by atoms with van der Waals surface area (Å²) in [6.45, 7) is -0.299. The molecule has 20 heavy (non-hydrogen) atoms. The number of carbonyl (C=O) groups excluding carboxylic acids is 2. The van der Waals surface area contributed by atoms with Gasteiger partial charge in [0.2, 0.25) is 0 Å². The van der Waals surface area contributed by atoms with Gasteiger partial charge in [0.15, 0.2) is 5.38 Å². The summed E-state index contributed by atoms with van der Waals surface area (Å²) in [4.78, 5) is 28.7. The molecule has 2 amide bonds. The van der Waals surface area contributed by atoms with Crippen LogP contribution < -0.4 is 4.90 Å². The number of anilines is 1. The van der Waals surface area contributed by atoms with Gasteiger partial charge in [-0.3, -0.25) is 14.6 Å². The Bertz CT molecular complexity index is 606. The summed E-state index contributed by atoms with van der Waals surface area (Å²) >= 11 is 11.5. The van der Waals surface area contributed by atoms with Crippen molar-refractivity contribution in [3.05, 3.63) is 29.0 Å². The van der Waals surface area contributed by atoms with Crippen LogP contribution in [0.1, 0.15) is 0 Å². The fraction of sp³-hybridized carbons (Fsp3) is 0.250. The number of aliphatic imine (C=N–C) groups is 1. The Labute approximate surface area is 123 Å². The number of alkyl halides is 1. The van der Waals surface area contributed by atoms with Crippen molar-refractivity contribution >= 4 is 46.4 Å². The molecule has 1 fully saturated rings. The molecular formula is C12H9Cl2FN2O3. The molecule has 8 heteroatoms. The van der Waals surface area contributed by atoms with Crippen LogP contribution in [0.3, 0.4) is 0 Å². The van der Waals surface area contributed by atoms with Crippen molar-refractivity contribution in [3.8, 4) is 0 Å². The number of aliphatic hydroxyl groups is 1. The van der Waals surface area contributed by atoms with Gasteiger partial charge in [-0.15, -0.1) is 11.6 Å². The standard InChI is InChI=1S/C12H9Cl2FN2O3/c13-7-5-6(1-2-8(7)15)17-11(19)9(14)10(12(17)20)16-3-4-18/h1-2,5,9,18H,3-4H2. The largest absolute Gasteiger partial charge is 0.394 e. The molecule has 0 spiro atoms. The number of nitrogens with zero attached hydrogens (tertiary/aromatic N) is 2. The molecule has 106 valence electrons. The molecule has 0 saturated carbocycles. The van der Waals surface area contributed by atoms with Crippen molar-refractivity contribution < 1.29 is 19.1 Å². The first-order valence-corrected chi connectivity index (χ1v) is 6.41. The van der Waals surface area contributed by atoms with Crippen LogP contribution in [0, 0.1) is 5.82 Å². The average Bonchev–Trinajstić information content (AvgIpc) is 2.62. The Balaban J connectivity index is 2.39. The molecule has 1 aromatic carbocycles. The fourth-order valence-electron chi connectivity index (χ4n) is 1.74. The smallest absolute Gasteiger partial charge is 0.281 e. The molecule has 0 bridgehead atoms. The first-order valence-electron chi connectivity index (χ1n) is 5.60. The number of hydrogen-bond acceptors (Lipinski definition) is 4. The van der Waals surface area contributed by atoms with Crippen LogP contribution >= 0.6 is 23.2 Å². The Morgan fingerprint density at radius 1 is 1.40 bits per heavy atom.